The third-order valence-electron chi connectivity index (χ3n) is 4.92. The Morgan fingerprint density at radius 2 is 1.76 bits per heavy atom. The number of aryl methyl sites for hydroxylation is 1. The Labute approximate surface area is 150 Å². The third kappa shape index (κ3) is 3.84. The zero-order valence-corrected chi connectivity index (χ0v) is 15.6. The number of hydrogen-bond acceptors (Lipinski definition) is 2. The van der Waals surface area contributed by atoms with Gasteiger partial charge in [-0.2, -0.15) is 5.10 Å². The number of para-hydroxylation sites is 1. The van der Waals surface area contributed by atoms with Crippen molar-refractivity contribution in [2.24, 2.45) is 11.8 Å². The van der Waals surface area contributed by atoms with E-state index in [1.165, 1.54) is 6.42 Å². The topological polar surface area (TPSA) is 38.1 Å². The first-order valence-electron chi connectivity index (χ1n) is 9.04. The van der Waals surface area contributed by atoms with Crippen molar-refractivity contribution in [2.75, 3.05) is 13.1 Å². The summed E-state index contributed by atoms with van der Waals surface area (Å²) in [6.07, 6.45) is 4.83. The van der Waals surface area contributed by atoms with Gasteiger partial charge in [0.15, 0.2) is 0 Å². The summed E-state index contributed by atoms with van der Waals surface area (Å²) in [7, 11) is 0. The molecule has 1 amide bonds. The molecular formula is C21H27N3O. The molecule has 25 heavy (non-hydrogen) atoms. The van der Waals surface area contributed by atoms with Crippen molar-refractivity contribution in [1.29, 1.82) is 0 Å². The highest BCUT2D eigenvalue weighted by molar-refractivity contribution is 5.92. The molecule has 3 rings (SSSR count). The highest BCUT2D eigenvalue weighted by atomic mass is 16.2. The van der Waals surface area contributed by atoms with E-state index in [2.05, 4.69) is 18.9 Å². The number of piperidine rings is 1. The third-order valence-corrected chi connectivity index (χ3v) is 4.92. The lowest BCUT2D eigenvalue weighted by Crippen LogP contribution is -2.41. The number of rotatable bonds is 3. The van der Waals surface area contributed by atoms with Crippen molar-refractivity contribution in [1.82, 2.24) is 14.7 Å². The molecule has 0 spiro atoms. The summed E-state index contributed by atoms with van der Waals surface area (Å²) in [5, 5.41) is 4.64. The summed E-state index contributed by atoms with van der Waals surface area (Å²) < 4.78 is 1.94. The summed E-state index contributed by atoms with van der Waals surface area (Å²) in [4.78, 5) is 14.5. The van der Waals surface area contributed by atoms with E-state index in [1.807, 2.05) is 59.8 Å². The molecule has 2 atom stereocenters. The molecule has 4 nitrogen and oxygen atoms in total. The number of hydrogen-bond donors (Lipinski definition) is 0. The summed E-state index contributed by atoms with van der Waals surface area (Å²) in [5.74, 6) is 1.25. The molecule has 132 valence electrons. The maximum atomic E-state index is 12.6. The van der Waals surface area contributed by atoms with Gasteiger partial charge in [-0.15, -0.1) is 0 Å². The molecule has 1 saturated heterocycles. The molecule has 1 aliphatic heterocycles. The van der Waals surface area contributed by atoms with Gasteiger partial charge in [-0.25, -0.2) is 4.68 Å². The number of nitrogens with zero attached hydrogens (tertiary/aromatic N) is 3. The van der Waals surface area contributed by atoms with Crippen molar-refractivity contribution >= 4 is 12.0 Å². The molecule has 0 saturated carbocycles. The fraction of sp³-hybridized carbons (Fsp3) is 0.429. The smallest absolute Gasteiger partial charge is 0.246 e. The van der Waals surface area contributed by atoms with Crippen LogP contribution >= 0.6 is 0 Å². The fourth-order valence-corrected chi connectivity index (χ4v) is 3.82. The van der Waals surface area contributed by atoms with E-state index >= 15 is 0 Å². The second-order valence-corrected chi connectivity index (χ2v) is 7.35. The Morgan fingerprint density at radius 3 is 2.40 bits per heavy atom. The first-order valence-corrected chi connectivity index (χ1v) is 9.04. The number of amides is 1. The molecule has 1 aromatic heterocycles. The van der Waals surface area contributed by atoms with Crippen LogP contribution in [0, 0.1) is 25.7 Å². The molecule has 2 aromatic rings. The van der Waals surface area contributed by atoms with Gasteiger partial charge in [-0.05, 0) is 50.3 Å². The van der Waals surface area contributed by atoms with Crippen molar-refractivity contribution in [3.05, 3.63) is 53.4 Å². The van der Waals surface area contributed by atoms with E-state index in [0.29, 0.717) is 11.8 Å². The Morgan fingerprint density at radius 1 is 1.12 bits per heavy atom. The van der Waals surface area contributed by atoms with Crippen molar-refractivity contribution in [3.8, 4) is 5.69 Å². The number of benzene rings is 1. The van der Waals surface area contributed by atoms with Crippen LogP contribution in [0.2, 0.25) is 0 Å². The highest BCUT2D eigenvalue weighted by Gasteiger charge is 2.24. The molecule has 1 aromatic carbocycles. The van der Waals surface area contributed by atoms with Gasteiger partial charge >= 0.3 is 0 Å². The summed E-state index contributed by atoms with van der Waals surface area (Å²) in [5.41, 5.74) is 4.04. The van der Waals surface area contributed by atoms with E-state index in [-0.39, 0.29) is 5.91 Å². The van der Waals surface area contributed by atoms with Crippen molar-refractivity contribution in [2.45, 2.75) is 34.1 Å². The molecule has 1 fully saturated rings. The van der Waals surface area contributed by atoms with Gasteiger partial charge < -0.3 is 4.90 Å². The summed E-state index contributed by atoms with van der Waals surface area (Å²) in [6, 6.07) is 10.1. The monoisotopic (exact) mass is 337 g/mol. The van der Waals surface area contributed by atoms with Gasteiger partial charge in [0.2, 0.25) is 5.91 Å². The first kappa shape index (κ1) is 17.5. The standard InChI is InChI=1S/C21H27N3O/c1-15-12-16(2)14-23(13-15)21(25)11-10-20-17(3)22-24(18(20)4)19-8-6-5-7-9-19/h5-11,15-16H,12-14H2,1-4H3/b11-10+. The van der Waals surface area contributed by atoms with Crippen LogP contribution in [-0.4, -0.2) is 33.7 Å². The van der Waals surface area contributed by atoms with Crippen LogP contribution in [0.25, 0.3) is 11.8 Å². The van der Waals surface area contributed by atoms with Crippen LogP contribution in [0.4, 0.5) is 0 Å². The number of likely N-dealkylation sites (tertiary alicyclic amines) is 1. The van der Waals surface area contributed by atoms with E-state index in [1.54, 1.807) is 6.08 Å². The van der Waals surface area contributed by atoms with Gasteiger partial charge in [0.25, 0.3) is 0 Å². The van der Waals surface area contributed by atoms with Crippen LogP contribution in [-0.2, 0) is 4.79 Å². The maximum Gasteiger partial charge on any atom is 0.246 e. The Bertz CT molecular complexity index is 766. The second-order valence-electron chi connectivity index (χ2n) is 7.35. The van der Waals surface area contributed by atoms with Crippen LogP contribution < -0.4 is 0 Å². The molecule has 0 bridgehead atoms. The molecule has 0 aliphatic carbocycles. The Balaban J connectivity index is 1.80. The Kier molecular flexibility index (Phi) is 5.07. The van der Waals surface area contributed by atoms with E-state index < -0.39 is 0 Å². The average Bonchev–Trinajstić information content (AvgIpc) is 2.87. The quantitative estimate of drug-likeness (QED) is 0.794. The SMILES string of the molecule is Cc1nn(-c2ccccc2)c(C)c1/C=C/C(=O)N1CC(C)CC(C)C1. The second kappa shape index (κ2) is 7.26. The molecule has 0 radical (unpaired) electrons. The van der Waals surface area contributed by atoms with Crippen molar-refractivity contribution < 1.29 is 4.79 Å². The van der Waals surface area contributed by atoms with Crippen LogP contribution in [0.15, 0.2) is 36.4 Å². The zero-order chi connectivity index (χ0) is 18.0. The lowest BCUT2D eigenvalue weighted by molar-refractivity contribution is -0.128. The minimum absolute atomic E-state index is 0.102. The van der Waals surface area contributed by atoms with Gasteiger partial charge in [0.05, 0.1) is 11.4 Å². The van der Waals surface area contributed by atoms with Gasteiger partial charge in [0.1, 0.15) is 0 Å². The largest absolute Gasteiger partial charge is 0.339 e. The predicted molar refractivity (Wildman–Crippen MR) is 102 cm³/mol. The van der Waals surface area contributed by atoms with Gasteiger partial charge in [-0.3, -0.25) is 4.79 Å². The maximum absolute atomic E-state index is 12.6. The van der Waals surface area contributed by atoms with Crippen LogP contribution in [0.3, 0.4) is 0 Å². The van der Waals surface area contributed by atoms with Crippen LogP contribution in [0.5, 0.6) is 0 Å². The fourth-order valence-electron chi connectivity index (χ4n) is 3.82. The molecule has 2 heterocycles. The number of aromatic nitrogens is 2. The van der Waals surface area contributed by atoms with E-state index in [0.717, 1.165) is 35.7 Å². The number of carbonyl (C=O) groups excluding carboxylic acids is 1. The molecule has 0 N–H and O–H groups in total. The normalized spacial score (nSPS) is 21.0. The van der Waals surface area contributed by atoms with Crippen molar-refractivity contribution in [3.63, 3.8) is 0 Å². The molecule has 2 unspecified atom stereocenters. The lowest BCUT2D eigenvalue weighted by atomic mass is 9.92. The Hall–Kier alpha value is -2.36. The predicted octanol–water partition coefficient (Wildman–Crippen LogP) is 4.01. The van der Waals surface area contributed by atoms with E-state index in [4.69, 9.17) is 0 Å². The molecule has 1 aliphatic rings. The highest BCUT2D eigenvalue weighted by Crippen LogP contribution is 2.22. The zero-order valence-electron chi connectivity index (χ0n) is 15.6. The molecule has 4 heteroatoms. The van der Waals surface area contributed by atoms with Gasteiger partial charge in [-0.1, -0.05) is 32.0 Å². The molecular weight excluding hydrogens is 310 g/mol. The lowest BCUT2D eigenvalue weighted by Gasteiger charge is -2.34. The average molecular weight is 337 g/mol. The summed E-state index contributed by atoms with van der Waals surface area (Å²) in [6.45, 7) is 10.2. The first-order chi connectivity index (χ1) is 12.0. The van der Waals surface area contributed by atoms with E-state index in [9.17, 15) is 4.79 Å². The number of carbonyl (C=O) groups is 1. The summed E-state index contributed by atoms with van der Waals surface area (Å²) >= 11 is 0. The minimum atomic E-state index is 0.102. The van der Waals surface area contributed by atoms with Crippen LogP contribution in [0.1, 0.15) is 37.2 Å². The minimum Gasteiger partial charge on any atom is -0.339 e. The van der Waals surface area contributed by atoms with Gasteiger partial charge in [0, 0.05) is 30.4 Å².